The largest absolute Gasteiger partial charge is 1.00 e. The lowest BCUT2D eigenvalue weighted by Gasteiger charge is -2.37. The quantitative estimate of drug-likeness (QED) is 0.178. The number of sulfonamides is 1. The summed E-state index contributed by atoms with van der Waals surface area (Å²) in [6.07, 6.45) is -35.7. The third-order valence-electron chi connectivity index (χ3n) is 5.54. The minimum atomic E-state index is -6.81. The molecule has 1 N–H and O–H groups in total. The predicted molar refractivity (Wildman–Crippen MR) is 108 cm³/mol. The Labute approximate surface area is 222 Å². The maximum atomic E-state index is 14.1. The first-order valence-corrected chi connectivity index (χ1v) is 12.6. The number of nitrogens with one attached hydrogen (secondary N) is 1. The number of halogens is 15. The summed E-state index contributed by atoms with van der Waals surface area (Å²) >= 11 is 0. The molecule has 0 amide bonds. The van der Waals surface area contributed by atoms with Crippen molar-refractivity contribution in [3.63, 3.8) is 0 Å². The van der Waals surface area contributed by atoms with E-state index in [1.807, 2.05) is 0 Å². The van der Waals surface area contributed by atoms with Gasteiger partial charge >= 0.3 is 24.7 Å². The fourth-order valence-corrected chi connectivity index (χ4v) is 4.62. The van der Waals surface area contributed by atoms with Crippen LogP contribution in [-0.2, 0) is 10.0 Å². The van der Waals surface area contributed by atoms with E-state index < -0.39 is 89.8 Å². The Morgan fingerprint density at radius 1 is 0.641 bits per heavy atom. The second kappa shape index (κ2) is 13.4. The van der Waals surface area contributed by atoms with Gasteiger partial charge in [0.25, 0.3) is 11.3 Å². The van der Waals surface area contributed by atoms with Crippen molar-refractivity contribution in [3.05, 3.63) is 0 Å². The number of quaternary nitrogens is 1. The third-order valence-corrected chi connectivity index (χ3v) is 7.01. The van der Waals surface area contributed by atoms with Gasteiger partial charge in [0.05, 0.1) is 33.4 Å². The van der Waals surface area contributed by atoms with Crippen LogP contribution < -0.4 is 17.1 Å². The Balaban J connectivity index is 0. The molecule has 0 aliphatic carbocycles. The molecule has 0 aliphatic heterocycles. The Kier molecular flexibility index (Phi) is 13.9. The van der Waals surface area contributed by atoms with Crippen LogP contribution in [0.25, 0.3) is 0 Å². The molecule has 0 aromatic carbocycles. The van der Waals surface area contributed by atoms with Gasteiger partial charge in [-0.25, -0.2) is 21.9 Å². The highest BCUT2D eigenvalue weighted by atomic mass is 35.5. The smallest absolute Gasteiger partial charge is 0.431 e. The molecule has 0 unspecified atom stereocenters. The summed E-state index contributed by atoms with van der Waals surface area (Å²) in [4.78, 5) is 0. The molecule has 238 valence electrons. The standard InChI is InChI=1S/C19H29F14N2O2S.ClH/c1-35(2,3)9-6-8-34-38(36,37)10-5-4-7-13(11-14(20,16(22,23)24)17(25,26)27)12-15(21,18(28,29)30)19(31,32)33;/h13,34H,4-12H2,1-3H3;1H/q+1;/p-1. The van der Waals surface area contributed by atoms with Gasteiger partial charge in [0.1, 0.15) is 0 Å². The van der Waals surface area contributed by atoms with Crippen LogP contribution in [0.1, 0.15) is 38.5 Å². The van der Waals surface area contributed by atoms with Crippen molar-refractivity contribution in [2.24, 2.45) is 5.92 Å². The number of hydrogen-bond donors (Lipinski definition) is 1. The molecule has 0 aromatic rings. The number of nitrogens with zero attached hydrogens (tertiary/aromatic N) is 1. The number of alkyl halides is 14. The molecule has 0 bridgehead atoms. The van der Waals surface area contributed by atoms with Crippen LogP contribution in [-0.4, -0.2) is 88.9 Å². The summed E-state index contributed by atoms with van der Waals surface area (Å²) in [5.74, 6) is -3.93. The van der Waals surface area contributed by atoms with E-state index in [1.54, 1.807) is 21.1 Å². The average Bonchev–Trinajstić information content (AvgIpc) is 2.64. The second-order valence-corrected chi connectivity index (χ2v) is 11.9. The van der Waals surface area contributed by atoms with E-state index in [-0.39, 0.29) is 19.0 Å². The Morgan fingerprint density at radius 3 is 1.31 bits per heavy atom. The van der Waals surface area contributed by atoms with Crippen LogP contribution in [0.5, 0.6) is 0 Å². The van der Waals surface area contributed by atoms with E-state index in [0.29, 0.717) is 17.4 Å². The Bertz CT molecular complexity index is 781. The van der Waals surface area contributed by atoms with Gasteiger partial charge in [-0.1, -0.05) is 12.8 Å². The zero-order valence-electron chi connectivity index (χ0n) is 20.8. The lowest BCUT2D eigenvalue weighted by atomic mass is 9.80. The Morgan fingerprint density at radius 2 is 1.00 bits per heavy atom. The van der Waals surface area contributed by atoms with Crippen LogP contribution in [0.3, 0.4) is 0 Å². The molecule has 0 spiro atoms. The number of rotatable bonds is 14. The number of unbranched alkanes of at least 4 members (excludes halogenated alkanes) is 1. The molecule has 0 fully saturated rings. The lowest BCUT2D eigenvalue weighted by Crippen LogP contribution is -3.00. The maximum absolute atomic E-state index is 14.1. The molecule has 39 heavy (non-hydrogen) atoms. The molecule has 4 nitrogen and oxygen atoms in total. The monoisotopic (exact) mass is 650 g/mol. The normalized spacial score (nSPS) is 15.0. The van der Waals surface area contributed by atoms with E-state index in [4.69, 9.17) is 0 Å². The molecular weight excluding hydrogens is 622 g/mol. The van der Waals surface area contributed by atoms with Gasteiger partial charge in [0.15, 0.2) is 0 Å². The minimum absolute atomic E-state index is 0. The minimum Gasteiger partial charge on any atom is -1.00 e. The van der Waals surface area contributed by atoms with Gasteiger partial charge in [-0.2, -0.15) is 52.7 Å². The summed E-state index contributed by atoms with van der Waals surface area (Å²) in [5.41, 5.74) is -12.5. The molecule has 0 saturated carbocycles. The molecule has 20 heteroatoms. The molecule has 0 aliphatic rings. The van der Waals surface area contributed by atoms with Crippen LogP contribution >= 0.6 is 0 Å². The fourth-order valence-electron chi connectivity index (χ4n) is 3.43. The van der Waals surface area contributed by atoms with Crippen LogP contribution in [0.15, 0.2) is 0 Å². The van der Waals surface area contributed by atoms with Crippen LogP contribution in [0.4, 0.5) is 61.5 Å². The summed E-state index contributed by atoms with van der Waals surface area (Å²) in [6, 6.07) is 0. The average molecular weight is 651 g/mol. The summed E-state index contributed by atoms with van der Waals surface area (Å²) in [5, 5.41) is 0. The first-order chi connectivity index (χ1) is 16.5. The Hall–Kier alpha value is -0.820. The van der Waals surface area contributed by atoms with Gasteiger partial charge < -0.3 is 16.9 Å². The fraction of sp³-hybridized carbons (Fsp3) is 1.00. The van der Waals surface area contributed by atoms with Gasteiger partial charge in [-0.05, 0) is 12.3 Å². The van der Waals surface area contributed by atoms with Crippen molar-refractivity contribution in [1.29, 1.82) is 0 Å². The van der Waals surface area contributed by atoms with Crippen molar-refractivity contribution in [2.75, 3.05) is 40.0 Å². The molecule has 0 radical (unpaired) electrons. The highest BCUT2D eigenvalue weighted by molar-refractivity contribution is 7.89. The van der Waals surface area contributed by atoms with Crippen molar-refractivity contribution in [3.8, 4) is 0 Å². The molecule has 0 atom stereocenters. The number of hydrogen-bond acceptors (Lipinski definition) is 2. The highest BCUT2D eigenvalue weighted by Gasteiger charge is 2.75. The predicted octanol–water partition coefficient (Wildman–Crippen LogP) is 3.24. The van der Waals surface area contributed by atoms with Gasteiger partial charge in [0.2, 0.25) is 10.0 Å². The van der Waals surface area contributed by atoms with E-state index in [2.05, 4.69) is 4.72 Å². The van der Waals surface area contributed by atoms with Crippen molar-refractivity contribution in [1.82, 2.24) is 4.72 Å². The zero-order chi connectivity index (χ0) is 30.6. The molecule has 0 saturated heterocycles. The first-order valence-electron chi connectivity index (χ1n) is 10.9. The lowest BCUT2D eigenvalue weighted by molar-refractivity contribution is -0.870. The maximum Gasteiger partial charge on any atom is 0.431 e. The summed E-state index contributed by atoms with van der Waals surface area (Å²) in [7, 11) is 1.33. The second-order valence-electron chi connectivity index (χ2n) is 9.94. The third kappa shape index (κ3) is 11.9. The SMILES string of the molecule is C[N+](C)(C)CCCNS(=O)(=O)CCCCC(CC(F)(C(F)(F)F)C(F)(F)F)CC(F)(C(F)(F)F)C(F)(F)F.[Cl-]. The van der Waals surface area contributed by atoms with Gasteiger partial charge in [-0.15, -0.1) is 0 Å². The first kappa shape index (κ1) is 40.3. The molecular formula is C19H29ClF14N2O2S. The van der Waals surface area contributed by atoms with Gasteiger partial charge in [0, 0.05) is 25.8 Å². The van der Waals surface area contributed by atoms with Crippen molar-refractivity contribution in [2.45, 2.75) is 74.6 Å². The molecule has 0 rings (SSSR count). The van der Waals surface area contributed by atoms with E-state index in [1.165, 1.54) is 0 Å². The molecule has 0 aromatic heterocycles. The van der Waals surface area contributed by atoms with Crippen molar-refractivity contribution < 1.29 is 86.8 Å². The van der Waals surface area contributed by atoms with Crippen LogP contribution in [0, 0.1) is 5.92 Å². The van der Waals surface area contributed by atoms with E-state index in [0.717, 1.165) is 0 Å². The van der Waals surface area contributed by atoms with Gasteiger partial charge in [-0.3, -0.25) is 0 Å². The van der Waals surface area contributed by atoms with Crippen molar-refractivity contribution >= 4 is 10.0 Å². The highest BCUT2D eigenvalue weighted by Crippen LogP contribution is 2.55. The zero-order valence-corrected chi connectivity index (χ0v) is 22.4. The summed E-state index contributed by atoms with van der Waals surface area (Å²) < 4.78 is 210. The van der Waals surface area contributed by atoms with E-state index in [9.17, 15) is 69.9 Å². The summed E-state index contributed by atoms with van der Waals surface area (Å²) in [6.45, 7) is 0.459. The van der Waals surface area contributed by atoms with E-state index >= 15 is 0 Å². The van der Waals surface area contributed by atoms with Crippen LogP contribution in [0.2, 0.25) is 0 Å². The molecule has 0 heterocycles. The topological polar surface area (TPSA) is 46.2 Å².